The van der Waals surface area contributed by atoms with Crippen LogP contribution in [0.3, 0.4) is 0 Å². The highest BCUT2D eigenvalue weighted by Gasteiger charge is 2.45. The molecule has 2 rings (SSSR count). The lowest BCUT2D eigenvalue weighted by molar-refractivity contribution is 0.0177. The predicted octanol–water partition coefficient (Wildman–Crippen LogP) is 4.73. The van der Waals surface area contributed by atoms with Gasteiger partial charge in [0.05, 0.1) is 0 Å². The summed E-state index contributed by atoms with van der Waals surface area (Å²) in [5.41, 5.74) is 0.812. The number of nitrogens with one attached hydrogen (secondary N) is 1. The minimum absolute atomic E-state index is 0.301. The van der Waals surface area contributed by atoms with Gasteiger partial charge in [0, 0.05) is 24.2 Å². The summed E-state index contributed by atoms with van der Waals surface area (Å²) in [6.45, 7) is 10.8. The second kappa shape index (κ2) is 7.97. The van der Waals surface area contributed by atoms with Crippen LogP contribution < -0.4 is 5.32 Å². The molecule has 1 aliphatic carbocycles. The van der Waals surface area contributed by atoms with Gasteiger partial charge in [0.25, 0.3) is 0 Å². The molecule has 2 nitrogen and oxygen atoms in total. The number of nitrogens with zero attached hydrogens (tertiary/aromatic N) is 1. The van der Waals surface area contributed by atoms with E-state index >= 15 is 0 Å². The fourth-order valence-corrected chi connectivity index (χ4v) is 4.32. The summed E-state index contributed by atoms with van der Waals surface area (Å²) in [6.07, 6.45) is 15.7. The topological polar surface area (TPSA) is 15.3 Å². The average molecular weight is 295 g/mol. The van der Waals surface area contributed by atoms with Gasteiger partial charge in [-0.1, -0.05) is 58.3 Å². The summed E-state index contributed by atoms with van der Waals surface area (Å²) >= 11 is 0. The summed E-state index contributed by atoms with van der Waals surface area (Å²) in [5.74, 6) is 0. The second-order valence-electron chi connectivity index (χ2n) is 8.21. The Hall–Kier alpha value is -0.0800. The molecule has 21 heavy (non-hydrogen) atoms. The van der Waals surface area contributed by atoms with Crippen LogP contribution in [0.25, 0.3) is 0 Å². The molecule has 0 unspecified atom stereocenters. The Morgan fingerprint density at radius 1 is 0.905 bits per heavy atom. The van der Waals surface area contributed by atoms with Crippen LogP contribution in [-0.2, 0) is 0 Å². The zero-order valence-electron chi connectivity index (χ0n) is 14.8. The zero-order valence-corrected chi connectivity index (χ0v) is 14.8. The third kappa shape index (κ3) is 4.96. The van der Waals surface area contributed by atoms with Gasteiger partial charge in [0.1, 0.15) is 0 Å². The monoisotopic (exact) mass is 294 g/mol. The Morgan fingerprint density at radius 2 is 1.52 bits per heavy atom. The van der Waals surface area contributed by atoms with Gasteiger partial charge in [-0.25, -0.2) is 0 Å². The van der Waals surface area contributed by atoms with Crippen LogP contribution in [0.2, 0.25) is 0 Å². The van der Waals surface area contributed by atoms with Gasteiger partial charge in [0.15, 0.2) is 0 Å². The molecule has 0 aromatic heterocycles. The molecule has 2 fully saturated rings. The normalized spacial score (nSPS) is 24.7. The lowest BCUT2D eigenvalue weighted by atomic mass is 9.86. The number of hydrogen-bond donors (Lipinski definition) is 1. The Bertz CT molecular complexity index is 292. The van der Waals surface area contributed by atoms with E-state index in [2.05, 4.69) is 31.0 Å². The summed E-state index contributed by atoms with van der Waals surface area (Å²) in [5, 5.41) is 3.80. The van der Waals surface area contributed by atoms with E-state index in [0.29, 0.717) is 11.1 Å². The molecule has 1 saturated carbocycles. The SMILES string of the molecule is CCCCCCCCCN1CC(C)(C)NCC12CCCC2. The van der Waals surface area contributed by atoms with Gasteiger partial charge in [-0.15, -0.1) is 0 Å². The molecule has 0 bridgehead atoms. The van der Waals surface area contributed by atoms with Crippen molar-refractivity contribution in [1.29, 1.82) is 0 Å². The molecule has 0 radical (unpaired) electrons. The van der Waals surface area contributed by atoms with Gasteiger partial charge >= 0.3 is 0 Å². The largest absolute Gasteiger partial charge is 0.309 e. The van der Waals surface area contributed by atoms with Crippen LogP contribution in [0.1, 0.15) is 91.4 Å². The van der Waals surface area contributed by atoms with E-state index in [1.54, 1.807) is 0 Å². The predicted molar refractivity (Wildman–Crippen MR) is 92.8 cm³/mol. The standard InChI is InChI=1S/C19H38N2/c1-4-5-6-7-8-9-12-15-21-17-18(2,3)20-16-19(21)13-10-11-14-19/h20H,4-17H2,1-3H3. The van der Waals surface area contributed by atoms with Crippen LogP contribution >= 0.6 is 0 Å². The van der Waals surface area contributed by atoms with Crippen molar-refractivity contribution in [1.82, 2.24) is 10.2 Å². The maximum atomic E-state index is 3.80. The Labute approximate surface area is 133 Å². The van der Waals surface area contributed by atoms with E-state index in [9.17, 15) is 0 Å². The van der Waals surface area contributed by atoms with Gasteiger partial charge in [-0.3, -0.25) is 4.90 Å². The van der Waals surface area contributed by atoms with E-state index in [-0.39, 0.29) is 0 Å². The van der Waals surface area contributed by atoms with Gasteiger partial charge in [0.2, 0.25) is 0 Å². The van der Waals surface area contributed by atoms with Crippen molar-refractivity contribution in [3.05, 3.63) is 0 Å². The Morgan fingerprint density at radius 3 is 2.19 bits per heavy atom. The third-order valence-corrected chi connectivity index (χ3v) is 5.72. The molecule has 1 heterocycles. The highest BCUT2D eigenvalue weighted by atomic mass is 15.3. The Kier molecular flexibility index (Phi) is 6.55. The zero-order chi connectivity index (χ0) is 15.2. The summed E-state index contributed by atoms with van der Waals surface area (Å²) in [6, 6.07) is 0. The minimum atomic E-state index is 0.301. The number of rotatable bonds is 8. The molecule has 0 amide bonds. The highest BCUT2D eigenvalue weighted by molar-refractivity contribution is 5.04. The van der Waals surface area contributed by atoms with Crippen LogP contribution in [0.5, 0.6) is 0 Å². The second-order valence-corrected chi connectivity index (χ2v) is 8.21. The minimum Gasteiger partial charge on any atom is -0.309 e. The van der Waals surface area contributed by atoms with Gasteiger partial charge in [-0.2, -0.15) is 0 Å². The fourth-order valence-electron chi connectivity index (χ4n) is 4.32. The lowest BCUT2D eigenvalue weighted by Gasteiger charge is -2.51. The lowest BCUT2D eigenvalue weighted by Crippen LogP contribution is -2.67. The van der Waals surface area contributed by atoms with Crippen molar-refractivity contribution in [3.63, 3.8) is 0 Å². The van der Waals surface area contributed by atoms with E-state index in [0.717, 1.165) is 0 Å². The summed E-state index contributed by atoms with van der Waals surface area (Å²) < 4.78 is 0. The summed E-state index contributed by atoms with van der Waals surface area (Å²) in [7, 11) is 0. The maximum Gasteiger partial charge on any atom is 0.0334 e. The first kappa shape index (κ1) is 17.3. The molecule has 2 heteroatoms. The van der Waals surface area contributed by atoms with Crippen molar-refractivity contribution in [2.24, 2.45) is 0 Å². The highest BCUT2D eigenvalue weighted by Crippen LogP contribution is 2.38. The molecule has 1 saturated heterocycles. The molecule has 1 aliphatic heterocycles. The number of unbranched alkanes of at least 4 members (excludes halogenated alkanes) is 6. The summed E-state index contributed by atoms with van der Waals surface area (Å²) in [4.78, 5) is 2.86. The van der Waals surface area contributed by atoms with Crippen LogP contribution in [0.15, 0.2) is 0 Å². The van der Waals surface area contributed by atoms with Gasteiger partial charge in [-0.05, 0) is 39.7 Å². The van der Waals surface area contributed by atoms with E-state index < -0.39 is 0 Å². The van der Waals surface area contributed by atoms with Crippen molar-refractivity contribution in [2.75, 3.05) is 19.6 Å². The molecule has 2 aliphatic rings. The quantitative estimate of drug-likeness (QED) is 0.651. The molecular weight excluding hydrogens is 256 g/mol. The van der Waals surface area contributed by atoms with Crippen LogP contribution in [0, 0.1) is 0 Å². The Balaban J connectivity index is 1.73. The van der Waals surface area contributed by atoms with Crippen molar-refractivity contribution >= 4 is 0 Å². The molecule has 0 aromatic carbocycles. The maximum absolute atomic E-state index is 3.80. The molecular formula is C19H38N2. The fraction of sp³-hybridized carbons (Fsp3) is 1.00. The van der Waals surface area contributed by atoms with Crippen molar-refractivity contribution in [2.45, 2.75) is 102 Å². The first-order valence-electron chi connectivity index (χ1n) is 9.58. The molecule has 0 aromatic rings. The first-order chi connectivity index (χ1) is 10.1. The number of piperazine rings is 1. The third-order valence-electron chi connectivity index (χ3n) is 5.72. The smallest absolute Gasteiger partial charge is 0.0334 e. The van der Waals surface area contributed by atoms with Crippen LogP contribution in [0.4, 0.5) is 0 Å². The molecule has 1 spiro atoms. The van der Waals surface area contributed by atoms with E-state index in [1.807, 2.05) is 0 Å². The molecule has 1 N–H and O–H groups in total. The first-order valence-corrected chi connectivity index (χ1v) is 9.58. The van der Waals surface area contributed by atoms with Crippen molar-refractivity contribution < 1.29 is 0 Å². The average Bonchev–Trinajstić information content (AvgIpc) is 2.92. The molecule has 124 valence electrons. The van der Waals surface area contributed by atoms with E-state index in [1.165, 1.54) is 90.3 Å². The number of hydrogen-bond acceptors (Lipinski definition) is 2. The van der Waals surface area contributed by atoms with E-state index in [4.69, 9.17) is 0 Å². The van der Waals surface area contributed by atoms with Crippen molar-refractivity contribution in [3.8, 4) is 0 Å². The van der Waals surface area contributed by atoms with Gasteiger partial charge < -0.3 is 5.32 Å². The van der Waals surface area contributed by atoms with Crippen LogP contribution in [-0.4, -0.2) is 35.6 Å². The molecule has 0 atom stereocenters.